The predicted octanol–water partition coefficient (Wildman–Crippen LogP) is 2.97. The van der Waals surface area contributed by atoms with Gasteiger partial charge in [-0.25, -0.2) is 5.43 Å². The fourth-order valence-corrected chi connectivity index (χ4v) is 2.96. The summed E-state index contributed by atoms with van der Waals surface area (Å²) in [5.41, 5.74) is 4.34. The van der Waals surface area contributed by atoms with Crippen molar-refractivity contribution >= 4 is 23.5 Å². The van der Waals surface area contributed by atoms with Crippen LogP contribution >= 0.6 is 0 Å². The molecule has 1 heterocycles. The zero-order valence-corrected chi connectivity index (χ0v) is 14.9. The quantitative estimate of drug-likeness (QED) is 0.480. The lowest BCUT2D eigenvalue weighted by atomic mass is 10.2. The van der Waals surface area contributed by atoms with E-state index in [1.165, 1.54) is 44.4 Å². The maximum absolute atomic E-state index is 12.2. The number of amides is 1. The third kappa shape index (κ3) is 4.41. The molecule has 3 rings (SSSR count). The molecule has 0 saturated carbocycles. The van der Waals surface area contributed by atoms with Gasteiger partial charge >= 0.3 is 0 Å². The molecule has 2 aromatic rings. The molecule has 27 heavy (non-hydrogen) atoms. The molecule has 0 aromatic heterocycles. The second kappa shape index (κ2) is 8.31. The van der Waals surface area contributed by atoms with E-state index in [9.17, 15) is 14.9 Å². The van der Waals surface area contributed by atoms with Gasteiger partial charge in [-0.1, -0.05) is 0 Å². The van der Waals surface area contributed by atoms with Crippen molar-refractivity contribution in [2.45, 2.75) is 12.8 Å². The summed E-state index contributed by atoms with van der Waals surface area (Å²) in [5.74, 6) is 0.0668. The van der Waals surface area contributed by atoms with E-state index in [4.69, 9.17) is 4.74 Å². The zero-order valence-electron chi connectivity index (χ0n) is 14.9. The minimum absolute atomic E-state index is 0.0823. The Labute approximate surface area is 156 Å². The van der Waals surface area contributed by atoms with Crippen molar-refractivity contribution in [1.29, 1.82) is 0 Å². The summed E-state index contributed by atoms with van der Waals surface area (Å²) in [7, 11) is 1.46. The highest BCUT2D eigenvalue weighted by Gasteiger charge is 2.13. The number of non-ortho nitro benzene ring substituents is 1. The first-order valence-corrected chi connectivity index (χ1v) is 8.59. The van der Waals surface area contributed by atoms with Crippen molar-refractivity contribution in [3.05, 3.63) is 63.7 Å². The zero-order chi connectivity index (χ0) is 19.2. The summed E-state index contributed by atoms with van der Waals surface area (Å²) < 4.78 is 5.15. The average Bonchev–Trinajstić information content (AvgIpc) is 3.22. The lowest BCUT2D eigenvalue weighted by molar-refractivity contribution is -0.384. The summed E-state index contributed by atoms with van der Waals surface area (Å²) in [6.45, 7) is 2.09. The molecule has 1 fully saturated rings. The van der Waals surface area contributed by atoms with Gasteiger partial charge in [0.15, 0.2) is 0 Å². The molecule has 1 aliphatic rings. The molecule has 1 amide bonds. The third-order valence-electron chi connectivity index (χ3n) is 4.39. The van der Waals surface area contributed by atoms with Gasteiger partial charge in [0.1, 0.15) is 5.75 Å². The van der Waals surface area contributed by atoms with Crippen molar-refractivity contribution in [2.24, 2.45) is 5.10 Å². The van der Waals surface area contributed by atoms with Gasteiger partial charge in [-0.05, 0) is 43.2 Å². The van der Waals surface area contributed by atoms with Gasteiger partial charge < -0.3 is 9.64 Å². The van der Waals surface area contributed by atoms with Gasteiger partial charge in [-0.2, -0.15) is 5.10 Å². The molecule has 0 atom stereocenters. The van der Waals surface area contributed by atoms with Crippen LogP contribution in [0.4, 0.5) is 11.4 Å². The molecule has 2 aromatic carbocycles. The Morgan fingerprint density at radius 2 is 1.93 bits per heavy atom. The minimum Gasteiger partial charge on any atom is -0.496 e. The number of nitro groups is 1. The number of nitrogens with one attached hydrogen (secondary N) is 1. The standard InChI is InChI=1S/C19H20N4O4/c1-27-18-9-8-17(23(25)26)12-15(18)13-20-21-19(24)14-4-6-16(7-5-14)22-10-2-3-11-22/h4-9,12-13H,2-3,10-11H2,1H3,(H,21,24)/b20-13-. The molecule has 0 aliphatic carbocycles. The van der Waals surface area contributed by atoms with Crippen LogP contribution < -0.4 is 15.1 Å². The highest BCUT2D eigenvalue weighted by Crippen LogP contribution is 2.22. The van der Waals surface area contributed by atoms with Crippen molar-refractivity contribution in [2.75, 3.05) is 25.1 Å². The highest BCUT2D eigenvalue weighted by atomic mass is 16.6. The van der Waals surface area contributed by atoms with Crippen LogP contribution in [-0.2, 0) is 0 Å². The Bertz CT molecular complexity index is 859. The highest BCUT2D eigenvalue weighted by molar-refractivity contribution is 5.95. The van der Waals surface area contributed by atoms with Crippen LogP contribution in [0.25, 0.3) is 0 Å². The third-order valence-corrected chi connectivity index (χ3v) is 4.39. The molecule has 0 radical (unpaired) electrons. The Kier molecular flexibility index (Phi) is 5.65. The number of hydrazone groups is 1. The molecule has 0 spiro atoms. The second-order valence-corrected chi connectivity index (χ2v) is 6.12. The summed E-state index contributed by atoms with van der Waals surface area (Å²) in [4.78, 5) is 24.9. The number of rotatable bonds is 6. The van der Waals surface area contributed by atoms with Crippen LogP contribution in [0.2, 0.25) is 0 Å². The number of carbonyl (C=O) groups is 1. The summed E-state index contributed by atoms with van der Waals surface area (Å²) in [5, 5.41) is 14.8. The fourth-order valence-electron chi connectivity index (χ4n) is 2.96. The monoisotopic (exact) mass is 368 g/mol. The number of ether oxygens (including phenoxy) is 1. The fraction of sp³-hybridized carbons (Fsp3) is 0.263. The number of hydrogen-bond acceptors (Lipinski definition) is 6. The molecule has 140 valence electrons. The average molecular weight is 368 g/mol. The molecule has 0 bridgehead atoms. The van der Waals surface area contributed by atoms with Gasteiger partial charge in [-0.3, -0.25) is 14.9 Å². The first kappa shape index (κ1) is 18.4. The van der Waals surface area contributed by atoms with Gasteiger partial charge in [0, 0.05) is 42.0 Å². The first-order valence-electron chi connectivity index (χ1n) is 8.59. The van der Waals surface area contributed by atoms with E-state index in [2.05, 4.69) is 15.4 Å². The van der Waals surface area contributed by atoms with E-state index in [0.717, 1.165) is 18.8 Å². The molecular formula is C19H20N4O4. The van der Waals surface area contributed by atoms with Gasteiger partial charge in [-0.15, -0.1) is 0 Å². The van der Waals surface area contributed by atoms with Crippen molar-refractivity contribution in [3.8, 4) is 5.75 Å². The number of hydrogen-bond donors (Lipinski definition) is 1. The number of nitro benzene ring substituents is 1. The molecule has 1 N–H and O–H groups in total. The lowest BCUT2D eigenvalue weighted by Gasteiger charge is -2.17. The van der Waals surface area contributed by atoms with Crippen LogP contribution in [0.15, 0.2) is 47.6 Å². The smallest absolute Gasteiger partial charge is 0.271 e. The van der Waals surface area contributed by atoms with Crippen LogP contribution in [0.1, 0.15) is 28.8 Å². The van der Waals surface area contributed by atoms with E-state index < -0.39 is 4.92 Å². The molecule has 1 saturated heterocycles. The van der Waals surface area contributed by atoms with Gasteiger partial charge in [0.05, 0.1) is 18.2 Å². The molecule has 0 unspecified atom stereocenters. The predicted molar refractivity (Wildman–Crippen MR) is 103 cm³/mol. The van der Waals surface area contributed by atoms with Crippen LogP contribution in [-0.4, -0.2) is 37.2 Å². The number of benzene rings is 2. The Balaban J connectivity index is 1.66. The topological polar surface area (TPSA) is 97.1 Å². The number of carbonyl (C=O) groups excluding carboxylic acids is 1. The minimum atomic E-state index is -0.503. The van der Waals surface area contributed by atoms with Crippen molar-refractivity contribution in [3.63, 3.8) is 0 Å². The van der Waals surface area contributed by atoms with E-state index >= 15 is 0 Å². The largest absolute Gasteiger partial charge is 0.496 e. The number of methoxy groups -OCH3 is 1. The van der Waals surface area contributed by atoms with Crippen LogP contribution in [0.3, 0.4) is 0 Å². The SMILES string of the molecule is COc1ccc([N+](=O)[O-])cc1/C=N\NC(=O)c1ccc(N2CCCC2)cc1. The Morgan fingerprint density at radius 1 is 1.22 bits per heavy atom. The van der Waals surface area contributed by atoms with E-state index in [-0.39, 0.29) is 11.6 Å². The van der Waals surface area contributed by atoms with E-state index in [0.29, 0.717) is 16.9 Å². The summed E-state index contributed by atoms with van der Waals surface area (Å²) >= 11 is 0. The van der Waals surface area contributed by atoms with Crippen molar-refractivity contribution < 1.29 is 14.5 Å². The first-order chi connectivity index (χ1) is 13.1. The molecule has 8 nitrogen and oxygen atoms in total. The number of nitrogens with zero attached hydrogens (tertiary/aromatic N) is 3. The second-order valence-electron chi connectivity index (χ2n) is 6.12. The van der Waals surface area contributed by atoms with Crippen molar-refractivity contribution in [1.82, 2.24) is 5.43 Å². The van der Waals surface area contributed by atoms with Gasteiger partial charge in [0.2, 0.25) is 0 Å². The molecular weight excluding hydrogens is 348 g/mol. The maximum atomic E-state index is 12.2. The number of anilines is 1. The van der Waals surface area contributed by atoms with Crippen LogP contribution in [0.5, 0.6) is 5.75 Å². The lowest BCUT2D eigenvalue weighted by Crippen LogP contribution is -2.19. The Hall–Kier alpha value is -3.42. The Morgan fingerprint density at radius 3 is 2.56 bits per heavy atom. The molecule has 1 aliphatic heterocycles. The summed E-state index contributed by atoms with van der Waals surface area (Å²) in [6.07, 6.45) is 3.71. The maximum Gasteiger partial charge on any atom is 0.271 e. The summed E-state index contributed by atoms with van der Waals surface area (Å²) in [6, 6.07) is 11.5. The van der Waals surface area contributed by atoms with E-state index in [1.54, 1.807) is 12.1 Å². The molecule has 8 heteroatoms. The normalized spacial score (nSPS) is 13.7. The van der Waals surface area contributed by atoms with E-state index in [1.807, 2.05) is 12.1 Å². The van der Waals surface area contributed by atoms with Crippen LogP contribution in [0, 0.1) is 10.1 Å². The van der Waals surface area contributed by atoms with Gasteiger partial charge in [0.25, 0.3) is 11.6 Å².